The summed E-state index contributed by atoms with van der Waals surface area (Å²) in [6.07, 6.45) is 3.37. The van der Waals surface area contributed by atoms with Crippen molar-refractivity contribution in [1.82, 2.24) is 14.5 Å². The van der Waals surface area contributed by atoms with Gasteiger partial charge in [-0.1, -0.05) is 29.8 Å². The molecule has 4 rings (SSSR count). The van der Waals surface area contributed by atoms with Gasteiger partial charge in [0.2, 0.25) is 0 Å². The van der Waals surface area contributed by atoms with Crippen molar-refractivity contribution in [2.24, 2.45) is 0 Å². The van der Waals surface area contributed by atoms with E-state index in [0.29, 0.717) is 21.7 Å². The highest BCUT2D eigenvalue weighted by atomic mass is 35.5. The summed E-state index contributed by atoms with van der Waals surface area (Å²) < 4.78 is 1.61. The monoisotopic (exact) mass is 333 g/mol. The van der Waals surface area contributed by atoms with Gasteiger partial charge >= 0.3 is 0 Å². The van der Waals surface area contributed by atoms with Crippen molar-refractivity contribution in [3.63, 3.8) is 0 Å². The van der Waals surface area contributed by atoms with Gasteiger partial charge in [0.15, 0.2) is 0 Å². The van der Waals surface area contributed by atoms with E-state index in [4.69, 9.17) is 16.6 Å². The number of hydrogen-bond acceptors (Lipinski definition) is 3. The molecule has 0 radical (unpaired) electrons. The van der Waals surface area contributed by atoms with Gasteiger partial charge in [0.1, 0.15) is 5.82 Å². The highest BCUT2D eigenvalue weighted by Crippen LogP contribution is 2.23. The molecule has 0 aliphatic heterocycles. The summed E-state index contributed by atoms with van der Waals surface area (Å²) in [6.45, 7) is 0. The Morgan fingerprint density at radius 2 is 1.67 bits per heavy atom. The number of nitrogens with zero attached hydrogens (tertiary/aromatic N) is 3. The average Bonchev–Trinajstić information content (AvgIpc) is 2.63. The summed E-state index contributed by atoms with van der Waals surface area (Å²) >= 11 is 6.06. The SMILES string of the molecule is O=c1c2cc(Cl)ccc2nc(-c2ccncc2)n1-c1ccccc1. The Labute approximate surface area is 143 Å². The number of para-hydroxylation sites is 1. The summed E-state index contributed by atoms with van der Waals surface area (Å²) in [7, 11) is 0. The minimum absolute atomic E-state index is 0.152. The second-order valence-electron chi connectivity index (χ2n) is 5.31. The van der Waals surface area contributed by atoms with Crippen LogP contribution in [0.15, 0.2) is 77.9 Å². The lowest BCUT2D eigenvalue weighted by Crippen LogP contribution is -2.22. The molecule has 4 aromatic rings. The van der Waals surface area contributed by atoms with Gasteiger partial charge in [0.25, 0.3) is 5.56 Å². The summed E-state index contributed by atoms with van der Waals surface area (Å²) in [4.78, 5) is 21.9. The van der Waals surface area contributed by atoms with Crippen LogP contribution in [0.2, 0.25) is 5.02 Å². The lowest BCUT2D eigenvalue weighted by Gasteiger charge is -2.13. The fourth-order valence-corrected chi connectivity index (χ4v) is 2.84. The van der Waals surface area contributed by atoms with Gasteiger partial charge in [-0.3, -0.25) is 14.3 Å². The zero-order chi connectivity index (χ0) is 16.5. The van der Waals surface area contributed by atoms with Crippen LogP contribution in [-0.4, -0.2) is 14.5 Å². The summed E-state index contributed by atoms with van der Waals surface area (Å²) in [5.41, 5.74) is 2.04. The number of halogens is 1. The van der Waals surface area contributed by atoms with Gasteiger partial charge in [-0.05, 0) is 42.5 Å². The van der Waals surface area contributed by atoms with Crippen molar-refractivity contribution in [3.05, 3.63) is 88.4 Å². The van der Waals surface area contributed by atoms with Crippen molar-refractivity contribution in [1.29, 1.82) is 0 Å². The van der Waals surface area contributed by atoms with Crippen LogP contribution < -0.4 is 5.56 Å². The van der Waals surface area contributed by atoms with Crippen LogP contribution in [0, 0.1) is 0 Å². The molecule has 0 saturated carbocycles. The van der Waals surface area contributed by atoms with Gasteiger partial charge in [0, 0.05) is 23.0 Å². The van der Waals surface area contributed by atoms with E-state index < -0.39 is 0 Å². The third-order valence-corrected chi connectivity index (χ3v) is 4.02. The van der Waals surface area contributed by atoms with Crippen molar-refractivity contribution in [2.45, 2.75) is 0 Å². The second-order valence-corrected chi connectivity index (χ2v) is 5.75. The predicted octanol–water partition coefficient (Wildman–Crippen LogP) is 4.10. The number of pyridine rings is 1. The first-order chi connectivity index (χ1) is 11.7. The summed E-state index contributed by atoms with van der Waals surface area (Å²) in [5.74, 6) is 0.573. The van der Waals surface area contributed by atoms with Crippen molar-refractivity contribution >= 4 is 22.5 Å². The molecule has 0 aliphatic rings. The van der Waals surface area contributed by atoms with E-state index in [2.05, 4.69) is 4.98 Å². The fourth-order valence-electron chi connectivity index (χ4n) is 2.67. The molecular weight excluding hydrogens is 322 g/mol. The van der Waals surface area contributed by atoms with Crippen LogP contribution in [0.3, 0.4) is 0 Å². The number of hydrogen-bond donors (Lipinski definition) is 0. The van der Waals surface area contributed by atoms with Crippen molar-refractivity contribution in [3.8, 4) is 17.1 Å². The minimum Gasteiger partial charge on any atom is -0.268 e. The first kappa shape index (κ1) is 14.6. The lowest BCUT2D eigenvalue weighted by atomic mass is 10.2. The van der Waals surface area contributed by atoms with Crippen LogP contribution in [-0.2, 0) is 0 Å². The van der Waals surface area contributed by atoms with Gasteiger partial charge in [-0.25, -0.2) is 4.98 Å². The first-order valence-electron chi connectivity index (χ1n) is 7.42. The molecule has 5 heteroatoms. The zero-order valence-electron chi connectivity index (χ0n) is 12.6. The molecule has 2 aromatic heterocycles. The highest BCUT2D eigenvalue weighted by molar-refractivity contribution is 6.31. The smallest absolute Gasteiger partial charge is 0.266 e. The van der Waals surface area contributed by atoms with Crippen LogP contribution in [0.1, 0.15) is 0 Å². The molecule has 0 saturated heterocycles. The third kappa shape index (κ3) is 2.47. The summed E-state index contributed by atoms with van der Waals surface area (Å²) in [6, 6.07) is 18.3. The molecule has 0 bridgehead atoms. The molecule has 2 aromatic carbocycles. The van der Waals surface area contributed by atoms with E-state index in [1.807, 2.05) is 42.5 Å². The fraction of sp³-hybridized carbons (Fsp3) is 0. The van der Waals surface area contributed by atoms with E-state index in [0.717, 1.165) is 11.3 Å². The molecule has 116 valence electrons. The van der Waals surface area contributed by atoms with Crippen molar-refractivity contribution in [2.75, 3.05) is 0 Å². The van der Waals surface area contributed by atoms with Gasteiger partial charge < -0.3 is 0 Å². The quantitative estimate of drug-likeness (QED) is 0.555. The number of benzene rings is 2. The second kappa shape index (κ2) is 5.91. The van der Waals surface area contributed by atoms with Crippen molar-refractivity contribution < 1.29 is 0 Å². The maximum atomic E-state index is 13.1. The van der Waals surface area contributed by atoms with E-state index in [9.17, 15) is 4.79 Å². The molecule has 4 nitrogen and oxygen atoms in total. The lowest BCUT2D eigenvalue weighted by molar-refractivity contribution is 0.975. The maximum absolute atomic E-state index is 13.1. The molecule has 2 heterocycles. The highest BCUT2D eigenvalue weighted by Gasteiger charge is 2.14. The molecule has 24 heavy (non-hydrogen) atoms. The number of aromatic nitrogens is 3. The van der Waals surface area contributed by atoms with Gasteiger partial charge in [-0.15, -0.1) is 0 Å². The Kier molecular flexibility index (Phi) is 3.59. The Bertz CT molecular complexity index is 1080. The molecule has 0 spiro atoms. The Hall–Kier alpha value is -2.98. The predicted molar refractivity (Wildman–Crippen MR) is 95.6 cm³/mol. The average molecular weight is 334 g/mol. The molecule has 0 N–H and O–H groups in total. The normalized spacial score (nSPS) is 10.9. The van der Waals surface area contributed by atoms with Gasteiger partial charge in [-0.2, -0.15) is 0 Å². The third-order valence-electron chi connectivity index (χ3n) is 3.78. The molecule has 0 atom stereocenters. The van der Waals surface area contributed by atoms with E-state index >= 15 is 0 Å². The largest absolute Gasteiger partial charge is 0.268 e. The standard InChI is InChI=1S/C19H12ClN3O/c20-14-6-7-17-16(12-14)19(24)23(15-4-2-1-3-5-15)18(22-17)13-8-10-21-11-9-13/h1-12H. The number of fused-ring (bicyclic) bond motifs is 1. The topological polar surface area (TPSA) is 47.8 Å². The van der Waals surface area contributed by atoms with Crippen LogP contribution >= 0.6 is 11.6 Å². The van der Waals surface area contributed by atoms with E-state index in [1.165, 1.54) is 0 Å². The number of rotatable bonds is 2. The minimum atomic E-state index is -0.152. The van der Waals surface area contributed by atoms with E-state index in [1.54, 1.807) is 35.2 Å². The van der Waals surface area contributed by atoms with Crippen LogP contribution in [0.4, 0.5) is 0 Å². The Morgan fingerprint density at radius 1 is 0.917 bits per heavy atom. The molecule has 0 fully saturated rings. The molecule has 0 aliphatic carbocycles. The van der Waals surface area contributed by atoms with E-state index in [-0.39, 0.29) is 5.56 Å². The zero-order valence-corrected chi connectivity index (χ0v) is 13.3. The van der Waals surface area contributed by atoms with Crippen LogP contribution in [0.5, 0.6) is 0 Å². The Balaban J connectivity index is 2.14. The molecule has 0 unspecified atom stereocenters. The van der Waals surface area contributed by atoms with Gasteiger partial charge in [0.05, 0.1) is 16.6 Å². The molecular formula is C19H12ClN3O. The summed E-state index contributed by atoms with van der Waals surface area (Å²) in [5, 5.41) is 1.00. The first-order valence-corrected chi connectivity index (χ1v) is 7.80. The van der Waals surface area contributed by atoms with Crippen LogP contribution in [0.25, 0.3) is 28.0 Å². The molecule has 0 amide bonds. The Morgan fingerprint density at radius 3 is 2.42 bits per heavy atom. The maximum Gasteiger partial charge on any atom is 0.266 e.